The molecule has 1 amide bonds. The van der Waals surface area contributed by atoms with E-state index in [4.69, 9.17) is 14.2 Å². The van der Waals surface area contributed by atoms with E-state index in [1.807, 2.05) is 60.7 Å². The quantitative estimate of drug-likeness (QED) is 0.640. The highest BCUT2D eigenvalue weighted by Gasteiger charge is 2.34. The topological polar surface area (TPSA) is 48.0 Å². The lowest BCUT2D eigenvalue weighted by Crippen LogP contribution is -2.42. The fourth-order valence-corrected chi connectivity index (χ4v) is 3.79. The number of methoxy groups -OCH3 is 2. The predicted octanol–water partition coefficient (Wildman–Crippen LogP) is 4.85. The van der Waals surface area contributed by atoms with Crippen molar-refractivity contribution in [2.24, 2.45) is 0 Å². The van der Waals surface area contributed by atoms with Crippen molar-refractivity contribution in [2.45, 2.75) is 12.5 Å². The molecule has 0 spiro atoms. The van der Waals surface area contributed by atoms with Gasteiger partial charge in [-0.25, -0.2) is 4.79 Å². The molecule has 3 aromatic rings. The standard InChI is InChI=1S/C24H23NO4/c1-27-21-15-18-13-14-25(24(26)29-19-11-7-4-8-12-19)23(17-9-5-3-6-10-17)20(18)16-22(21)28-2/h3-12,15-16,23H,13-14H2,1-2H3. The Labute approximate surface area is 170 Å². The smallest absolute Gasteiger partial charge is 0.416 e. The van der Waals surface area contributed by atoms with Gasteiger partial charge in [-0.1, -0.05) is 48.5 Å². The third-order valence-electron chi connectivity index (χ3n) is 5.17. The van der Waals surface area contributed by atoms with Gasteiger partial charge in [-0.15, -0.1) is 0 Å². The first-order valence-electron chi connectivity index (χ1n) is 9.54. The average Bonchev–Trinajstić information content (AvgIpc) is 2.78. The summed E-state index contributed by atoms with van der Waals surface area (Å²) in [4.78, 5) is 14.9. The zero-order valence-corrected chi connectivity index (χ0v) is 16.5. The van der Waals surface area contributed by atoms with Crippen LogP contribution in [0, 0.1) is 0 Å². The maximum Gasteiger partial charge on any atom is 0.416 e. The molecule has 5 heteroatoms. The van der Waals surface area contributed by atoms with Crippen LogP contribution >= 0.6 is 0 Å². The van der Waals surface area contributed by atoms with Gasteiger partial charge in [-0.05, 0) is 47.4 Å². The zero-order chi connectivity index (χ0) is 20.2. The van der Waals surface area contributed by atoms with E-state index in [9.17, 15) is 4.79 Å². The van der Waals surface area contributed by atoms with Crippen molar-refractivity contribution >= 4 is 6.09 Å². The summed E-state index contributed by atoms with van der Waals surface area (Å²) in [6.45, 7) is 0.549. The number of fused-ring (bicyclic) bond motifs is 1. The number of carbonyl (C=O) groups excluding carboxylic acids is 1. The Balaban J connectivity index is 1.76. The fourth-order valence-electron chi connectivity index (χ4n) is 3.79. The van der Waals surface area contributed by atoms with Crippen LogP contribution in [0.3, 0.4) is 0 Å². The highest BCUT2D eigenvalue weighted by Crippen LogP contribution is 2.41. The number of para-hydroxylation sites is 1. The van der Waals surface area contributed by atoms with Crippen LogP contribution in [0.15, 0.2) is 72.8 Å². The zero-order valence-electron chi connectivity index (χ0n) is 16.5. The van der Waals surface area contributed by atoms with Gasteiger partial charge in [-0.3, -0.25) is 4.90 Å². The van der Waals surface area contributed by atoms with E-state index >= 15 is 0 Å². The number of amides is 1. The van der Waals surface area contributed by atoms with Gasteiger partial charge in [0.2, 0.25) is 0 Å². The normalized spacial score (nSPS) is 15.4. The Hall–Kier alpha value is -3.47. The summed E-state index contributed by atoms with van der Waals surface area (Å²) in [5.74, 6) is 1.87. The Morgan fingerprint density at radius 2 is 1.52 bits per heavy atom. The summed E-state index contributed by atoms with van der Waals surface area (Å²) >= 11 is 0. The minimum absolute atomic E-state index is 0.268. The summed E-state index contributed by atoms with van der Waals surface area (Å²) in [6, 6.07) is 22.8. The number of nitrogens with zero attached hydrogens (tertiary/aromatic N) is 1. The van der Waals surface area contributed by atoms with Crippen molar-refractivity contribution in [3.8, 4) is 17.2 Å². The summed E-state index contributed by atoms with van der Waals surface area (Å²) in [7, 11) is 3.25. The van der Waals surface area contributed by atoms with Crippen molar-refractivity contribution in [3.63, 3.8) is 0 Å². The van der Waals surface area contributed by atoms with Crippen molar-refractivity contribution < 1.29 is 19.0 Å². The van der Waals surface area contributed by atoms with E-state index in [0.29, 0.717) is 30.2 Å². The van der Waals surface area contributed by atoms with Gasteiger partial charge >= 0.3 is 6.09 Å². The molecule has 1 aliphatic heterocycles. The molecule has 1 unspecified atom stereocenters. The first kappa shape index (κ1) is 18.9. The second-order valence-corrected chi connectivity index (χ2v) is 6.84. The number of benzene rings is 3. The minimum atomic E-state index is -0.370. The first-order chi connectivity index (χ1) is 14.2. The largest absolute Gasteiger partial charge is 0.493 e. The van der Waals surface area contributed by atoms with Gasteiger partial charge in [0.15, 0.2) is 11.5 Å². The van der Waals surface area contributed by atoms with Crippen LogP contribution < -0.4 is 14.2 Å². The van der Waals surface area contributed by atoms with E-state index in [1.165, 1.54) is 0 Å². The van der Waals surface area contributed by atoms with Crippen LogP contribution in [0.4, 0.5) is 4.79 Å². The molecule has 1 atom stereocenters. The molecule has 0 aliphatic carbocycles. The molecule has 0 bridgehead atoms. The van der Waals surface area contributed by atoms with Crippen LogP contribution in [0.5, 0.6) is 17.2 Å². The van der Waals surface area contributed by atoms with Crippen LogP contribution in [-0.4, -0.2) is 31.8 Å². The fraction of sp³-hybridized carbons (Fsp3) is 0.208. The van der Waals surface area contributed by atoms with E-state index in [2.05, 4.69) is 0 Å². The maximum absolute atomic E-state index is 13.1. The number of hydrogen-bond acceptors (Lipinski definition) is 4. The molecule has 0 saturated heterocycles. The molecule has 0 fully saturated rings. The van der Waals surface area contributed by atoms with Crippen molar-refractivity contribution in [2.75, 3.05) is 20.8 Å². The highest BCUT2D eigenvalue weighted by molar-refractivity contribution is 5.73. The van der Waals surface area contributed by atoms with Gasteiger partial charge in [0.1, 0.15) is 5.75 Å². The number of hydrogen-bond donors (Lipinski definition) is 0. The van der Waals surface area contributed by atoms with Gasteiger partial charge in [0.25, 0.3) is 0 Å². The van der Waals surface area contributed by atoms with Crippen LogP contribution in [0.25, 0.3) is 0 Å². The van der Waals surface area contributed by atoms with Crippen molar-refractivity contribution in [1.29, 1.82) is 0 Å². The third-order valence-corrected chi connectivity index (χ3v) is 5.17. The summed E-state index contributed by atoms with van der Waals surface area (Å²) in [6.07, 6.45) is 0.341. The molecule has 5 nitrogen and oxygen atoms in total. The highest BCUT2D eigenvalue weighted by atomic mass is 16.6. The molecular formula is C24H23NO4. The lowest BCUT2D eigenvalue weighted by molar-refractivity contribution is 0.136. The van der Waals surface area contributed by atoms with Crippen molar-refractivity contribution in [1.82, 2.24) is 4.90 Å². The van der Waals surface area contributed by atoms with Crippen LogP contribution in [0.1, 0.15) is 22.7 Å². The van der Waals surface area contributed by atoms with Crippen molar-refractivity contribution in [3.05, 3.63) is 89.5 Å². The second-order valence-electron chi connectivity index (χ2n) is 6.84. The molecule has 1 heterocycles. The average molecular weight is 389 g/mol. The van der Waals surface area contributed by atoms with Crippen LogP contribution in [0.2, 0.25) is 0 Å². The summed E-state index contributed by atoms with van der Waals surface area (Å²) in [5.41, 5.74) is 3.18. The Morgan fingerprint density at radius 3 is 2.17 bits per heavy atom. The molecule has 0 radical (unpaired) electrons. The Morgan fingerprint density at radius 1 is 0.897 bits per heavy atom. The van der Waals surface area contributed by atoms with Gasteiger partial charge < -0.3 is 14.2 Å². The Bertz CT molecular complexity index is 989. The summed E-state index contributed by atoms with van der Waals surface area (Å²) in [5, 5.41) is 0. The number of ether oxygens (including phenoxy) is 3. The molecular weight excluding hydrogens is 366 g/mol. The monoisotopic (exact) mass is 389 g/mol. The number of carbonyl (C=O) groups is 1. The Kier molecular flexibility index (Phi) is 5.38. The molecule has 0 aromatic heterocycles. The molecule has 0 N–H and O–H groups in total. The van der Waals surface area contributed by atoms with Gasteiger partial charge in [-0.2, -0.15) is 0 Å². The molecule has 148 valence electrons. The predicted molar refractivity (Wildman–Crippen MR) is 111 cm³/mol. The lowest BCUT2D eigenvalue weighted by Gasteiger charge is -2.37. The molecule has 3 aromatic carbocycles. The van der Waals surface area contributed by atoms with Crippen LogP contribution in [-0.2, 0) is 6.42 Å². The van der Waals surface area contributed by atoms with Gasteiger partial charge in [0, 0.05) is 6.54 Å². The van der Waals surface area contributed by atoms with E-state index in [-0.39, 0.29) is 12.1 Å². The summed E-state index contributed by atoms with van der Waals surface area (Å²) < 4.78 is 16.6. The SMILES string of the molecule is COc1cc2c(cc1OC)C(c1ccccc1)N(C(=O)Oc1ccccc1)CC2. The lowest BCUT2D eigenvalue weighted by atomic mass is 9.88. The van der Waals surface area contributed by atoms with Gasteiger partial charge in [0.05, 0.1) is 20.3 Å². The van der Waals surface area contributed by atoms with E-state index in [0.717, 1.165) is 16.7 Å². The molecule has 4 rings (SSSR count). The maximum atomic E-state index is 13.1. The molecule has 29 heavy (non-hydrogen) atoms. The first-order valence-corrected chi connectivity index (χ1v) is 9.54. The van der Waals surface area contributed by atoms with E-state index < -0.39 is 0 Å². The minimum Gasteiger partial charge on any atom is -0.493 e. The number of rotatable bonds is 4. The molecule has 0 saturated carbocycles. The second kappa shape index (κ2) is 8.27. The third kappa shape index (κ3) is 3.76. The van der Waals surface area contributed by atoms with E-state index in [1.54, 1.807) is 31.3 Å². The molecule has 1 aliphatic rings.